The smallest absolute Gasteiger partial charge is 0.159 e. The van der Waals surface area contributed by atoms with Crippen LogP contribution in [0, 0.1) is 34.8 Å². The fourth-order valence-electron chi connectivity index (χ4n) is 3.02. The van der Waals surface area contributed by atoms with Crippen LogP contribution in [0.3, 0.4) is 0 Å². The van der Waals surface area contributed by atoms with Crippen molar-refractivity contribution in [3.05, 3.63) is 59.8 Å². The zero-order valence-electron chi connectivity index (χ0n) is 13.3. The molecule has 0 bridgehead atoms. The lowest BCUT2D eigenvalue weighted by Crippen LogP contribution is -2.11. The van der Waals surface area contributed by atoms with Gasteiger partial charge in [0.15, 0.2) is 11.6 Å². The minimum atomic E-state index is -0.869. The summed E-state index contributed by atoms with van der Waals surface area (Å²) < 4.78 is 26.3. The van der Waals surface area contributed by atoms with Gasteiger partial charge in [-0.05, 0) is 61.4 Å². The Hall–Kier alpha value is -2.54. The number of benzene rings is 1. The van der Waals surface area contributed by atoms with Gasteiger partial charge in [0, 0.05) is 17.7 Å². The van der Waals surface area contributed by atoms with Gasteiger partial charge in [-0.15, -0.1) is 0 Å². The number of allylic oxidation sites excluding steroid dienone is 1. The first kappa shape index (κ1) is 16.3. The first-order valence-electron chi connectivity index (χ1n) is 8.15. The van der Waals surface area contributed by atoms with Gasteiger partial charge in [-0.2, -0.15) is 5.26 Å². The van der Waals surface area contributed by atoms with Gasteiger partial charge in [0.1, 0.15) is 0 Å². The Morgan fingerprint density at radius 3 is 2.46 bits per heavy atom. The first-order valence-corrected chi connectivity index (χ1v) is 8.15. The molecule has 2 nitrogen and oxygen atoms in total. The van der Waals surface area contributed by atoms with E-state index >= 15 is 0 Å². The quantitative estimate of drug-likeness (QED) is 0.761. The highest BCUT2D eigenvalue weighted by atomic mass is 19.2. The number of hydrogen-bond acceptors (Lipinski definition) is 2. The molecule has 1 aliphatic carbocycles. The van der Waals surface area contributed by atoms with Gasteiger partial charge in [0.2, 0.25) is 0 Å². The van der Waals surface area contributed by atoms with Crippen LogP contribution in [0.25, 0.3) is 17.3 Å². The second-order valence-corrected chi connectivity index (χ2v) is 6.21. The predicted molar refractivity (Wildman–Crippen MR) is 89.7 cm³/mol. The Kier molecular flexibility index (Phi) is 5.00. The second-order valence-electron chi connectivity index (χ2n) is 6.21. The van der Waals surface area contributed by atoms with Gasteiger partial charge in [-0.25, -0.2) is 8.78 Å². The van der Waals surface area contributed by atoms with E-state index in [-0.39, 0.29) is 5.92 Å². The van der Waals surface area contributed by atoms with Crippen LogP contribution < -0.4 is 0 Å². The second kappa shape index (κ2) is 7.35. The van der Waals surface area contributed by atoms with Crippen molar-refractivity contribution in [3.8, 4) is 17.3 Å². The van der Waals surface area contributed by atoms with Crippen molar-refractivity contribution in [2.75, 3.05) is 0 Å². The molecule has 1 heterocycles. The third-order valence-electron chi connectivity index (χ3n) is 4.52. The Bertz CT molecular complexity index is 767. The molecule has 0 radical (unpaired) electrons. The van der Waals surface area contributed by atoms with Gasteiger partial charge >= 0.3 is 0 Å². The van der Waals surface area contributed by atoms with Crippen LogP contribution in [0.4, 0.5) is 8.78 Å². The van der Waals surface area contributed by atoms with Gasteiger partial charge in [-0.1, -0.05) is 18.2 Å². The molecule has 1 aromatic heterocycles. The average molecular weight is 324 g/mol. The normalized spacial score (nSPS) is 20.9. The summed E-state index contributed by atoms with van der Waals surface area (Å²) in [5.41, 5.74) is 2.14. The van der Waals surface area contributed by atoms with Crippen molar-refractivity contribution in [2.24, 2.45) is 11.8 Å². The van der Waals surface area contributed by atoms with E-state index in [1.807, 2.05) is 12.1 Å². The molecule has 0 atom stereocenters. The van der Waals surface area contributed by atoms with E-state index in [0.717, 1.165) is 43.4 Å². The molecule has 2 aromatic rings. The zero-order valence-corrected chi connectivity index (χ0v) is 13.3. The highest BCUT2D eigenvalue weighted by Gasteiger charge is 2.18. The zero-order chi connectivity index (χ0) is 16.9. The van der Waals surface area contributed by atoms with E-state index in [1.54, 1.807) is 12.3 Å². The minimum absolute atomic E-state index is 0.215. The minimum Gasteiger partial charge on any atom is -0.256 e. The molecule has 1 fully saturated rings. The number of aromatic nitrogens is 1. The molecule has 0 amide bonds. The van der Waals surface area contributed by atoms with Crippen LogP contribution in [-0.2, 0) is 0 Å². The molecule has 4 heteroatoms. The van der Waals surface area contributed by atoms with Crippen molar-refractivity contribution < 1.29 is 8.78 Å². The molecular weight excluding hydrogens is 306 g/mol. The Morgan fingerprint density at radius 2 is 1.83 bits per heavy atom. The Balaban J connectivity index is 1.65. The van der Waals surface area contributed by atoms with Crippen LogP contribution in [0.1, 0.15) is 31.2 Å². The molecule has 1 saturated carbocycles. The lowest BCUT2D eigenvalue weighted by atomic mass is 9.82. The number of pyridine rings is 1. The Labute approximate surface area is 140 Å². The molecule has 0 spiro atoms. The molecule has 0 N–H and O–H groups in total. The highest BCUT2D eigenvalue weighted by molar-refractivity contribution is 5.61. The van der Waals surface area contributed by atoms with E-state index in [9.17, 15) is 8.78 Å². The third-order valence-corrected chi connectivity index (χ3v) is 4.52. The van der Waals surface area contributed by atoms with E-state index in [1.165, 1.54) is 6.07 Å². The summed E-state index contributed by atoms with van der Waals surface area (Å²) in [5, 5.41) is 8.92. The van der Waals surface area contributed by atoms with E-state index in [2.05, 4.69) is 17.1 Å². The summed E-state index contributed by atoms with van der Waals surface area (Å²) >= 11 is 0. The number of nitrogens with zero attached hydrogens (tertiary/aromatic N) is 2. The summed E-state index contributed by atoms with van der Waals surface area (Å²) in [5.74, 6) is -0.997. The fraction of sp³-hybridized carbons (Fsp3) is 0.300. The van der Waals surface area contributed by atoms with Crippen LogP contribution in [0.5, 0.6) is 0 Å². The molecule has 24 heavy (non-hydrogen) atoms. The number of nitriles is 1. The van der Waals surface area contributed by atoms with E-state index in [4.69, 9.17) is 5.26 Å². The molecule has 1 aliphatic rings. The van der Waals surface area contributed by atoms with Gasteiger partial charge in [0.25, 0.3) is 0 Å². The average Bonchev–Trinajstić information content (AvgIpc) is 2.63. The summed E-state index contributed by atoms with van der Waals surface area (Å²) in [7, 11) is 0. The van der Waals surface area contributed by atoms with Crippen molar-refractivity contribution in [1.29, 1.82) is 5.26 Å². The molecule has 122 valence electrons. The lowest BCUT2D eigenvalue weighted by Gasteiger charge is -2.21. The van der Waals surface area contributed by atoms with Crippen molar-refractivity contribution in [2.45, 2.75) is 25.7 Å². The van der Waals surface area contributed by atoms with Crippen molar-refractivity contribution in [3.63, 3.8) is 0 Å². The topological polar surface area (TPSA) is 36.7 Å². The summed E-state index contributed by atoms with van der Waals surface area (Å²) in [6, 6.07) is 9.85. The number of hydrogen-bond donors (Lipinski definition) is 0. The lowest BCUT2D eigenvalue weighted by molar-refractivity contribution is 0.363. The molecule has 0 aliphatic heterocycles. The van der Waals surface area contributed by atoms with Gasteiger partial charge in [-0.3, -0.25) is 4.98 Å². The van der Waals surface area contributed by atoms with E-state index in [0.29, 0.717) is 17.2 Å². The van der Waals surface area contributed by atoms with Crippen LogP contribution in [0.2, 0.25) is 0 Å². The van der Waals surface area contributed by atoms with Crippen molar-refractivity contribution in [1.82, 2.24) is 4.98 Å². The number of halogens is 2. The highest BCUT2D eigenvalue weighted by Crippen LogP contribution is 2.29. The maximum absolute atomic E-state index is 13.3. The molecular formula is C20H18F2N2. The van der Waals surface area contributed by atoms with Gasteiger partial charge in [0.05, 0.1) is 11.8 Å². The van der Waals surface area contributed by atoms with Crippen molar-refractivity contribution >= 4 is 6.08 Å². The maximum Gasteiger partial charge on any atom is 0.159 e. The monoisotopic (exact) mass is 324 g/mol. The van der Waals surface area contributed by atoms with E-state index < -0.39 is 11.6 Å². The third kappa shape index (κ3) is 3.86. The standard InChI is InChI=1S/C20H18F2N2/c21-18-9-8-17(11-19(18)22)20-10-7-16(13-24-20)6-3-14-1-4-15(12-23)5-2-14/h3,6-11,13-15H,1-2,4-5H2. The number of rotatable bonds is 3. The molecule has 1 aromatic carbocycles. The first-order chi connectivity index (χ1) is 11.7. The molecule has 0 saturated heterocycles. The summed E-state index contributed by atoms with van der Waals surface area (Å²) in [4.78, 5) is 4.33. The molecule has 0 unspecified atom stereocenters. The SMILES string of the molecule is N#CC1CCC(C=Cc2ccc(-c3ccc(F)c(F)c3)nc2)CC1. The van der Waals surface area contributed by atoms with Crippen LogP contribution in [-0.4, -0.2) is 4.98 Å². The summed E-state index contributed by atoms with van der Waals surface area (Å²) in [6.45, 7) is 0. The predicted octanol–water partition coefficient (Wildman–Crippen LogP) is 5.37. The van der Waals surface area contributed by atoms with Gasteiger partial charge < -0.3 is 0 Å². The Morgan fingerprint density at radius 1 is 1.04 bits per heavy atom. The largest absolute Gasteiger partial charge is 0.256 e. The van der Waals surface area contributed by atoms with Crippen LogP contribution >= 0.6 is 0 Å². The fourth-order valence-corrected chi connectivity index (χ4v) is 3.02. The molecule has 3 rings (SSSR count). The van der Waals surface area contributed by atoms with Crippen LogP contribution in [0.15, 0.2) is 42.6 Å². The maximum atomic E-state index is 13.3. The summed E-state index contributed by atoms with van der Waals surface area (Å²) in [6.07, 6.45) is 10.00.